The lowest BCUT2D eigenvalue weighted by atomic mass is 9.96. The Bertz CT molecular complexity index is 969. The van der Waals surface area contributed by atoms with Crippen LogP contribution in [0.25, 0.3) is 0 Å². The summed E-state index contributed by atoms with van der Waals surface area (Å²) < 4.78 is 15.1. The zero-order valence-electron chi connectivity index (χ0n) is 16.2. The van der Waals surface area contributed by atoms with Crippen LogP contribution in [0.1, 0.15) is 37.2 Å². The van der Waals surface area contributed by atoms with Crippen molar-refractivity contribution < 1.29 is 18.8 Å². The highest BCUT2D eigenvalue weighted by molar-refractivity contribution is 6.09. The Hall–Kier alpha value is -3.23. The summed E-state index contributed by atoms with van der Waals surface area (Å²) in [6.45, 7) is 1.31. The number of benzene rings is 1. The molecule has 0 unspecified atom stereocenters. The van der Waals surface area contributed by atoms with Crippen molar-refractivity contribution in [3.63, 3.8) is 0 Å². The van der Waals surface area contributed by atoms with Crippen LogP contribution < -0.4 is 10.6 Å². The maximum absolute atomic E-state index is 13.3. The quantitative estimate of drug-likeness (QED) is 0.720. The normalized spacial score (nSPS) is 22.5. The van der Waals surface area contributed by atoms with Crippen LogP contribution in [0.15, 0.2) is 36.7 Å². The van der Waals surface area contributed by atoms with Gasteiger partial charge in [0.15, 0.2) is 0 Å². The number of aromatic nitrogens is 2. The number of hydrogen-bond acceptors (Lipinski definition) is 4. The molecule has 9 heteroatoms. The number of urea groups is 1. The highest BCUT2D eigenvalue weighted by Gasteiger charge is 2.56. The second kappa shape index (κ2) is 6.98. The Kier molecular flexibility index (Phi) is 4.60. The molecule has 4 rings (SSSR count). The van der Waals surface area contributed by atoms with Crippen molar-refractivity contribution in [1.29, 1.82) is 0 Å². The predicted octanol–water partition coefficient (Wildman–Crippen LogP) is 1.49. The first-order valence-corrected chi connectivity index (χ1v) is 9.46. The lowest BCUT2D eigenvalue weighted by molar-refractivity contribution is -0.135. The average molecular weight is 399 g/mol. The van der Waals surface area contributed by atoms with Gasteiger partial charge >= 0.3 is 6.03 Å². The number of imidazole rings is 1. The average Bonchev–Trinajstić information content (AvgIpc) is 3.42. The third-order valence-electron chi connectivity index (χ3n) is 5.62. The van der Waals surface area contributed by atoms with E-state index in [-0.39, 0.29) is 11.8 Å². The molecule has 1 aromatic heterocycles. The molecular weight excluding hydrogens is 377 g/mol. The highest BCUT2D eigenvalue weighted by atomic mass is 19.1. The maximum Gasteiger partial charge on any atom is 0.325 e. The molecule has 2 atom stereocenters. The molecule has 2 fully saturated rings. The molecule has 152 valence electrons. The third kappa shape index (κ3) is 3.48. The minimum atomic E-state index is -0.937. The zero-order valence-corrected chi connectivity index (χ0v) is 16.2. The Morgan fingerprint density at radius 1 is 1.34 bits per heavy atom. The summed E-state index contributed by atoms with van der Waals surface area (Å²) in [4.78, 5) is 43.0. The standard InChI is InChI=1S/C20H22FN5O3/c1-20(13-5-6-13)18(28)26(19(29)24-20)11-15(27)23-16(17-22-9-10-25(17)2)12-3-7-14(21)8-4-12/h3-4,7-10,13,16H,5-6,11H2,1-2H3,(H,23,27)(H,24,29)/t16-,20+/m0/s1. The fourth-order valence-corrected chi connectivity index (χ4v) is 3.75. The second-order valence-corrected chi connectivity index (χ2v) is 7.75. The van der Waals surface area contributed by atoms with E-state index in [2.05, 4.69) is 15.6 Å². The SMILES string of the molecule is Cn1ccnc1[C@@H](NC(=O)CN1C(=O)N[C@](C)(C2CC2)C1=O)c1ccc(F)cc1. The van der Waals surface area contributed by atoms with Crippen LogP contribution in [0.5, 0.6) is 0 Å². The van der Waals surface area contributed by atoms with Gasteiger partial charge in [-0.3, -0.25) is 14.5 Å². The molecule has 1 saturated heterocycles. The number of imide groups is 1. The van der Waals surface area contributed by atoms with E-state index < -0.39 is 35.9 Å². The molecule has 1 saturated carbocycles. The first kappa shape index (κ1) is 19.1. The van der Waals surface area contributed by atoms with Crippen molar-refractivity contribution in [1.82, 2.24) is 25.1 Å². The topological polar surface area (TPSA) is 96.3 Å². The van der Waals surface area contributed by atoms with E-state index in [1.165, 1.54) is 12.1 Å². The number of carbonyl (C=O) groups excluding carboxylic acids is 3. The predicted molar refractivity (Wildman–Crippen MR) is 101 cm³/mol. The molecule has 8 nitrogen and oxygen atoms in total. The van der Waals surface area contributed by atoms with Gasteiger partial charge in [0.1, 0.15) is 29.8 Å². The van der Waals surface area contributed by atoms with Gasteiger partial charge in [-0.05, 0) is 43.4 Å². The molecule has 2 aliphatic rings. The van der Waals surface area contributed by atoms with Crippen molar-refractivity contribution >= 4 is 17.8 Å². The molecule has 2 heterocycles. The summed E-state index contributed by atoms with van der Waals surface area (Å²) in [5.41, 5.74) is -0.304. The smallest absolute Gasteiger partial charge is 0.325 e. The van der Waals surface area contributed by atoms with Crippen LogP contribution in [0, 0.1) is 11.7 Å². The third-order valence-corrected chi connectivity index (χ3v) is 5.62. The van der Waals surface area contributed by atoms with Crippen molar-refractivity contribution in [2.45, 2.75) is 31.3 Å². The highest BCUT2D eigenvalue weighted by Crippen LogP contribution is 2.42. The molecule has 1 aliphatic carbocycles. The Morgan fingerprint density at radius 2 is 2.03 bits per heavy atom. The first-order chi connectivity index (χ1) is 13.8. The number of nitrogens with zero attached hydrogens (tertiary/aromatic N) is 3. The van der Waals surface area contributed by atoms with Crippen LogP contribution in [0.3, 0.4) is 0 Å². The Balaban J connectivity index is 1.53. The van der Waals surface area contributed by atoms with E-state index in [4.69, 9.17) is 0 Å². The number of rotatable bonds is 6. The van der Waals surface area contributed by atoms with E-state index in [0.29, 0.717) is 11.4 Å². The number of aryl methyl sites for hydroxylation is 1. The Morgan fingerprint density at radius 3 is 2.62 bits per heavy atom. The fraction of sp³-hybridized carbons (Fsp3) is 0.400. The summed E-state index contributed by atoms with van der Waals surface area (Å²) in [5.74, 6) is -0.616. The van der Waals surface area contributed by atoms with Crippen LogP contribution >= 0.6 is 0 Å². The molecule has 0 bridgehead atoms. The van der Waals surface area contributed by atoms with Gasteiger partial charge in [0.2, 0.25) is 5.91 Å². The monoisotopic (exact) mass is 399 g/mol. The first-order valence-electron chi connectivity index (χ1n) is 9.46. The van der Waals surface area contributed by atoms with Gasteiger partial charge in [-0.25, -0.2) is 14.2 Å². The molecule has 2 aromatic rings. The van der Waals surface area contributed by atoms with E-state index >= 15 is 0 Å². The summed E-state index contributed by atoms with van der Waals surface area (Å²) in [7, 11) is 1.78. The number of halogens is 1. The molecule has 0 spiro atoms. The van der Waals surface area contributed by atoms with Gasteiger partial charge < -0.3 is 15.2 Å². The van der Waals surface area contributed by atoms with Gasteiger partial charge in [0, 0.05) is 19.4 Å². The van der Waals surface area contributed by atoms with E-state index in [1.54, 1.807) is 43.1 Å². The van der Waals surface area contributed by atoms with E-state index in [9.17, 15) is 18.8 Å². The van der Waals surface area contributed by atoms with Crippen LogP contribution in [0.2, 0.25) is 0 Å². The summed E-state index contributed by atoms with van der Waals surface area (Å²) in [6.07, 6.45) is 5.09. The van der Waals surface area contributed by atoms with Gasteiger partial charge in [-0.2, -0.15) is 0 Å². The summed E-state index contributed by atoms with van der Waals surface area (Å²) >= 11 is 0. The molecule has 1 aromatic carbocycles. The molecule has 29 heavy (non-hydrogen) atoms. The van der Waals surface area contributed by atoms with Crippen molar-refractivity contribution in [3.8, 4) is 0 Å². The minimum Gasteiger partial charge on any atom is -0.341 e. The fourth-order valence-electron chi connectivity index (χ4n) is 3.75. The van der Waals surface area contributed by atoms with E-state index in [1.807, 2.05) is 0 Å². The second-order valence-electron chi connectivity index (χ2n) is 7.75. The van der Waals surface area contributed by atoms with Crippen molar-refractivity contribution in [3.05, 3.63) is 53.9 Å². The van der Waals surface area contributed by atoms with Gasteiger partial charge in [0.25, 0.3) is 5.91 Å². The van der Waals surface area contributed by atoms with Crippen molar-refractivity contribution in [2.24, 2.45) is 13.0 Å². The molecule has 0 radical (unpaired) electrons. The summed E-state index contributed by atoms with van der Waals surface area (Å²) in [6, 6.07) is 4.51. The number of carbonyl (C=O) groups is 3. The van der Waals surface area contributed by atoms with Crippen LogP contribution in [-0.2, 0) is 16.6 Å². The maximum atomic E-state index is 13.3. The lowest BCUT2D eigenvalue weighted by Crippen LogP contribution is -2.47. The van der Waals surface area contributed by atoms with E-state index in [0.717, 1.165) is 17.7 Å². The lowest BCUT2D eigenvalue weighted by Gasteiger charge is -2.22. The van der Waals surface area contributed by atoms with Crippen LogP contribution in [-0.4, -0.2) is 44.4 Å². The van der Waals surface area contributed by atoms with Gasteiger partial charge in [-0.15, -0.1) is 0 Å². The minimum absolute atomic E-state index is 0.117. The molecule has 2 N–H and O–H groups in total. The van der Waals surface area contributed by atoms with Crippen LogP contribution in [0.4, 0.5) is 9.18 Å². The van der Waals surface area contributed by atoms with Gasteiger partial charge in [0.05, 0.1) is 0 Å². The largest absolute Gasteiger partial charge is 0.341 e. The van der Waals surface area contributed by atoms with Crippen molar-refractivity contribution in [2.75, 3.05) is 6.54 Å². The molecule has 4 amide bonds. The molecule has 1 aliphatic heterocycles. The zero-order chi connectivity index (χ0) is 20.8. The summed E-state index contributed by atoms with van der Waals surface area (Å²) in [5, 5.41) is 5.54. The number of nitrogens with one attached hydrogen (secondary N) is 2. The van der Waals surface area contributed by atoms with Gasteiger partial charge in [-0.1, -0.05) is 12.1 Å². The number of amides is 4. The number of hydrogen-bond donors (Lipinski definition) is 2. The Labute approximate surface area is 167 Å². The molecular formula is C20H22FN5O3.